The predicted molar refractivity (Wildman–Crippen MR) is 157 cm³/mol. The van der Waals surface area contributed by atoms with Crippen molar-refractivity contribution in [3.8, 4) is 16.9 Å². The molecule has 1 aromatic heterocycles. The first-order valence-corrected chi connectivity index (χ1v) is 13.6. The first kappa shape index (κ1) is 27.4. The van der Waals surface area contributed by atoms with E-state index in [2.05, 4.69) is 5.32 Å². The first-order chi connectivity index (χ1) is 19.3. The lowest BCUT2D eigenvalue weighted by Crippen LogP contribution is -2.50. The van der Waals surface area contributed by atoms with E-state index < -0.39 is 0 Å². The summed E-state index contributed by atoms with van der Waals surface area (Å²) in [4.78, 5) is 29.0. The number of aryl methyl sites for hydroxylation is 1. The highest BCUT2D eigenvalue weighted by Gasteiger charge is 2.29. The second kappa shape index (κ2) is 11.9. The molecule has 1 fully saturated rings. The maximum atomic E-state index is 13.9. The molecular formula is C32H31ClN4O3. The standard InChI is InChI=1S/C32H31ClN4O3/c1-21-9-11-25(12-10-21)31(38)34-29(32(39)36-18-22(2)40-23(3)19-36)17-26-20-37(28-7-5-4-6-8-28)35-30(26)24-13-15-27(33)16-14-24/h4-17,20,22-23H,18-19H2,1-3H3,(H,34,38)/b29-17-/t22-,23-/m0/s1. The molecule has 2 atom stereocenters. The molecule has 2 heterocycles. The number of aromatic nitrogens is 2. The van der Waals surface area contributed by atoms with Gasteiger partial charge in [0, 0.05) is 41.0 Å². The highest BCUT2D eigenvalue weighted by Crippen LogP contribution is 2.27. The number of halogens is 1. The number of rotatable bonds is 6. The fraction of sp³-hybridized carbons (Fsp3) is 0.219. The Morgan fingerprint density at radius 1 is 0.950 bits per heavy atom. The van der Waals surface area contributed by atoms with Crippen molar-refractivity contribution in [3.63, 3.8) is 0 Å². The molecule has 40 heavy (non-hydrogen) atoms. The van der Waals surface area contributed by atoms with Gasteiger partial charge in [-0.25, -0.2) is 4.68 Å². The maximum absolute atomic E-state index is 13.9. The van der Waals surface area contributed by atoms with Crippen LogP contribution in [-0.2, 0) is 9.53 Å². The van der Waals surface area contributed by atoms with Crippen molar-refractivity contribution in [2.24, 2.45) is 0 Å². The molecule has 0 bridgehead atoms. The Morgan fingerprint density at radius 3 is 2.25 bits per heavy atom. The first-order valence-electron chi connectivity index (χ1n) is 13.2. The van der Waals surface area contributed by atoms with Crippen molar-refractivity contribution in [2.75, 3.05) is 13.1 Å². The summed E-state index contributed by atoms with van der Waals surface area (Å²) in [6.07, 6.45) is 3.32. The lowest BCUT2D eigenvalue weighted by molar-refractivity contribution is -0.139. The predicted octanol–water partition coefficient (Wildman–Crippen LogP) is 5.91. The van der Waals surface area contributed by atoms with E-state index in [1.807, 2.05) is 81.6 Å². The molecule has 8 heteroatoms. The number of nitrogens with zero attached hydrogens (tertiary/aromatic N) is 3. The van der Waals surface area contributed by atoms with Crippen LogP contribution in [-0.4, -0.2) is 51.8 Å². The van der Waals surface area contributed by atoms with Crippen molar-refractivity contribution in [1.82, 2.24) is 20.0 Å². The van der Waals surface area contributed by atoms with Crippen molar-refractivity contribution in [1.29, 1.82) is 0 Å². The van der Waals surface area contributed by atoms with Crippen molar-refractivity contribution >= 4 is 29.5 Å². The SMILES string of the molecule is Cc1ccc(C(=O)N/C(=C\c2cn(-c3ccccc3)nc2-c2ccc(Cl)cc2)C(=O)N2C[C@H](C)O[C@@H](C)C2)cc1. The molecular weight excluding hydrogens is 524 g/mol. The Hall–Kier alpha value is -4.20. The summed E-state index contributed by atoms with van der Waals surface area (Å²) < 4.78 is 7.60. The molecule has 1 N–H and O–H groups in total. The van der Waals surface area contributed by atoms with Crippen molar-refractivity contribution in [3.05, 3.63) is 112 Å². The Bertz CT molecular complexity index is 1520. The smallest absolute Gasteiger partial charge is 0.270 e. The number of carbonyl (C=O) groups excluding carboxylic acids is 2. The fourth-order valence-corrected chi connectivity index (χ4v) is 4.88. The molecule has 4 aromatic rings. The normalized spacial score (nSPS) is 17.5. The van der Waals surface area contributed by atoms with Gasteiger partial charge in [-0.15, -0.1) is 0 Å². The molecule has 1 saturated heterocycles. The molecule has 0 radical (unpaired) electrons. The van der Waals surface area contributed by atoms with E-state index in [1.54, 1.807) is 39.9 Å². The zero-order valence-electron chi connectivity index (χ0n) is 22.7. The third-order valence-corrected chi connectivity index (χ3v) is 6.93. The second-order valence-electron chi connectivity index (χ2n) is 10.1. The van der Waals surface area contributed by atoms with E-state index in [0.717, 1.165) is 16.8 Å². The largest absolute Gasteiger partial charge is 0.372 e. The number of ether oxygens (including phenoxy) is 1. The number of nitrogens with one attached hydrogen (secondary N) is 1. The second-order valence-corrected chi connectivity index (χ2v) is 10.5. The van der Waals surface area contributed by atoms with Crippen LogP contribution < -0.4 is 5.32 Å². The monoisotopic (exact) mass is 554 g/mol. The van der Waals surface area contributed by atoms with Gasteiger partial charge in [0.15, 0.2) is 0 Å². The third-order valence-electron chi connectivity index (χ3n) is 6.68. The summed E-state index contributed by atoms with van der Waals surface area (Å²) in [5.41, 5.74) is 4.69. The van der Waals surface area contributed by atoms with Gasteiger partial charge < -0.3 is 15.0 Å². The average Bonchev–Trinajstić information content (AvgIpc) is 3.36. The summed E-state index contributed by atoms with van der Waals surface area (Å²) in [5, 5.41) is 8.36. The number of para-hydroxylation sites is 1. The van der Waals surface area contributed by atoms with Crippen LogP contribution >= 0.6 is 11.6 Å². The van der Waals surface area contributed by atoms with Crippen LogP contribution in [0.5, 0.6) is 0 Å². The fourth-order valence-electron chi connectivity index (χ4n) is 4.76. The lowest BCUT2D eigenvalue weighted by Gasteiger charge is -2.35. The van der Waals surface area contributed by atoms with Crippen LogP contribution in [0.15, 0.2) is 90.8 Å². The Kier molecular flexibility index (Phi) is 8.14. The molecule has 2 amide bonds. The van der Waals surface area contributed by atoms with E-state index in [9.17, 15) is 9.59 Å². The summed E-state index contributed by atoms with van der Waals surface area (Å²) in [7, 11) is 0. The molecule has 204 valence electrons. The topological polar surface area (TPSA) is 76.5 Å². The van der Waals surface area contributed by atoms with Gasteiger partial charge in [0.05, 0.1) is 17.9 Å². The number of benzene rings is 3. The van der Waals surface area contributed by atoms with E-state index >= 15 is 0 Å². The number of amides is 2. The highest BCUT2D eigenvalue weighted by molar-refractivity contribution is 6.30. The molecule has 7 nitrogen and oxygen atoms in total. The van der Waals surface area contributed by atoms with Crippen LogP contribution in [0.2, 0.25) is 5.02 Å². The van der Waals surface area contributed by atoms with Gasteiger partial charge >= 0.3 is 0 Å². The molecule has 0 saturated carbocycles. The van der Waals surface area contributed by atoms with Gasteiger partial charge in [0.25, 0.3) is 11.8 Å². The molecule has 5 rings (SSSR count). The summed E-state index contributed by atoms with van der Waals surface area (Å²) in [5.74, 6) is -0.644. The molecule has 1 aliphatic heterocycles. The van der Waals surface area contributed by atoms with Gasteiger partial charge in [0.1, 0.15) is 11.4 Å². The number of hydrogen-bond donors (Lipinski definition) is 1. The minimum Gasteiger partial charge on any atom is -0.372 e. The summed E-state index contributed by atoms with van der Waals surface area (Å²) in [6.45, 7) is 6.68. The third kappa shape index (κ3) is 6.33. The number of morpholine rings is 1. The summed E-state index contributed by atoms with van der Waals surface area (Å²) >= 11 is 6.16. The van der Waals surface area contributed by atoms with Crippen LogP contribution in [0.1, 0.15) is 35.3 Å². The quantitative estimate of drug-likeness (QED) is 0.301. The van der Waals surface area contributed by atoms with Gasteiger partial charge in [-0.1, -0.05) is 59.6 Å². The van der Waals surface area contributed by atoms with Gasteiger partial charge in [-0.3, -0.25) is 9.59 Å². The van der Waals surface area contributed by atoms with Gasteiger partial charge in [-0.05, 0) is 63.2 Å². The highest BCUT2D eigenvalue weighted by atomic mass is 35.5. The molecule has 0 aliphatic carbocycles. The average molecular weight is 555 g/mol. The van der Waals surface area contributed by atoms with Crippen LogP contribution in [0.3, 0.4) is 0 Å². The summed E-state index contributed by atoms with van der Waals surface area (Å²) in [6, 6.07) is 24.3. The molecule has 1 aliphatic rings. The Labute approximate surface area is 239 Å². The van der Waals surface area contributed by atoms with Crippen LogP contribution in [0.25, 0.3) is 23.0 Å². The van der Waals surface area contributed by atoms with Crippen LogP contribution in [0, 0.1) is 6.92 Å². The Morgan fingerprint density at radius 2 is 1.60 bits per heavy atom. The minimum absolute atomic E-state index is 0.118. The lowest BCUT2D eigenvalue weighted by atomic mass is 10.1. The van der Waals surface area contributed by atoms with Crippen molar-refractivity contribution < 1.29 is 14.3 Å². The zero-order chi connectivity index (χ0) is 28.2. The number of carbonyl (C=O) groups is 2. The number of hydrogen-bond acceptors (Lipinski definition) is 4. The van der Waals surface area contributed by atoms with Gasteiger partial charge in [0.2, 0.25) is 0 Å². The Balaban J connectivity index is 1.59. The van der Waals surface area contributed by atoms with Gasteiger partial charge in [-0.2, -0.15) is 5.10 Å². The van der Waals surface area contributed by atoms with E-state index in [-0.39, 0.29) is 29.7 Å². The molecule has 0 spiro atoms. The van der Waals surface area contributed by atoms with Crippen molar-refractivity contribution in [2.45, 2.75) is 33.0 Å². The zero-order valence-corrected chi connectivity index (χ0v) is 23.4. The van der Waals surface area contributed by atoms with Crippen LogP contribution in [0.4, 0.5) is 0 Å². The minimum atomic E-state index is -0.363. The van der Waals surface area contributed by atoms with E-state index in [1.165, 1.54) is 0 Å². The van der Waals surface area contributed by atoms with E-state index in [4.69, 9.17) is 21.4 Å². The van der Waals surface area contributed by atoms with E-state index in [0.29, 0.717) is 34.9 Å². The maximum Gasteiger partial charge on any atom is 0.270 e. The molecule has 0 unspecified atom stereocenters. The molecule has 3 aromatic carbocycles.